The summed E-state index contributed by atoms with van der Waals surface area (Å²) in [4.78, 5) is 40.9. The van der Waals surface area contributed by atoms with Crippen LogP contribution in [0, 0.1) is 5.82 Å². The van der Waals surface area contributed by atoms with Crippen molar-refractivity contribution in [2.24, 2.45) is 0 Å². The van der Waals surface area contributed by atoms with Crippen LogP contribution in [-0.2, 0) is 27.2 Å². The summed E-state index contributed by atoms with van der Waals surface area (Å²) in [5, 5.41) is 3.35. The SMILES string of the molecule is CCOC(=O)c1c(NC(=O)CCN2C(=O)C(=Cc3ccccc3F)SC2=S)sc2c1CCCC2. The maximum Gasteiger partial charge on any atom is 0.341 e. The second kappa shape index (κ2) is 10.8. The quantitative estimate of drug-likeness (QED) is 0.310. The van der Waals surface area contributed by atoms with Gasteiger partial charge in [0.1, 0.15) is 15.1 Å². The highest BCUT2D eigenvalue weighted by Crippen LogP contribution is 2.39. The van der Waals surface area contributed by atoms with Gasteiger partial charge in [-0.2, -0.15) is 0 Å². The van der Waals surface area contributed by atoms with Crippen molar-refractivity contribution in [3.05, 3.63) is 56.6 Å². The van der Waals surface area contributed by atoms with E-state index in [-0.39, 0.29) is 31.4 Å². The number of nitrogens with one attached hydrogen (secondary N) is 1. The van der Waals surface area contributed by atoms with E-state index in [2.05, 4.69) is 5.32 Å². The highest BCUT2D eigenvalue weighted by Gasteiger charge is 2.33. The van der Waals surface area contributed by atoms with Crippen molar-refractivity contribution in [3.8, 4) is 0 Å². The van der Waals surface area contributed by atoms with Gasteiger partial charge in [0.2, 0.25) is 5.91 Å². The Morgan fingerprint density at radius 3 is 2.79 bits per heavy atom. The third-order valence-corrected chi connectivity index (χ3v) is 8.12. The number of halogens is 1. The first kappa shape index (κ1) is 24.6. The number of ether oxygens (including phenoxy) is 1. The van der Waals surface area contributed by atoms with Gasteiger partial charge in [-0.05, 0) is 50.3 Å². The predicted octanol–water partition coefficient (Wildman–Crippen LogP) is 5.17. The van der Waals surface area contributed by atoms with E-state index in [1.807, 2.05) is 0 Å². The van der Waals surface area contributed by atoms with Crippen LogP contribution in [0.4, 0.5) is 9.39 Å². The van der Waals surface area contributed by atoms with E-state index in [9.17, 15) is 18.8 Å². The number of aryl methyl sites for hydroxylation is 1. The molecule has 2 aromatic rings. The fraction of sp³-hybridized carbons (Fsp3) is 0.333. The van der Waals surface area contributed by atoms with E-state index >= 15 is 0 Å². The Morgan fingerprint density at radius 1 is 1.26 bits per heavy atom. The van der Waals surface area contributed by atoms with Crippen LogP contribution < -0.4 is 5.32 Å². The van der Waals surface area contributed by atoms with Gasteiger partial charge in [0, 0.05) is 23.4 Å². The number of nitrogens with zero attached hydrogens (tertiary/aromatic N) is 1. The third kappa shape index (κ3) is 5.24. The molecule has 0 bridgehead atoms. The minimum atomic E-state index is -0.428. The van der Waals surface area contributed by atoms with E-state index in [4.69, 9.17) is 17.0 Å². The normalized spacial score (nSPS) is 16.6. The molecule has 1 saturated heterocycles. The van der Waals surface area contributed by atoms with Gasteiger partial charge < -0.3 is 10.1 Å². The van der Waals surface area contributed by atoms with Crippen LogP contribution in [0.3, 0.4) is 0 Å². The van der Waals surface area contributed by atoms with Crippen molar-refractivity contribution in [2.45, 2.75) is 39.0 Å². The Bertz CT molecular complexity index is 1190. The second-order valence-electron chi connectivity index (χ2n) is 7.79. The van der Waals surface area contributed by atoms with Gasteiger partial charge in [-0.15, -0.1) is 11.3 Å². The zero-order valence-corrected chi connectivity index (χ0v) is 21.0. The number of carbonyl (C=O) groups is 3. The molecule has 6 nitrogen and oxygen atoms in total. The Hall–Kier alpha value is -2.56. The summed E-state index contributed by atoms with van der Waals surface area (Å²) in [7, 11) is 0. The highest BCUT2D eigenvalue weighted by atomic mass is 32.2. The van der Waals surface area contributed by atoms with Crippen molar-refractivity contribution in [2.75, 3.05) is 18.5 Å². The summed E-state index contributed by atoms with van der Waals surface area (Å²) in [6.07, 6.45) is 5.20. The van der Waals surface area contributed by atoms with Gasteiger partial charge in [-0.1, -0.05) is 42.2 Å². The summed E-state index contributed by atoms with van der Waals surface area (Å²) in [5.41, 5.74) is 1.72. The molecule has 0 radical (unpaired) electrons. The van der Waals surface area contributed by atoms with Crippen molar-refractivity contribution in [1.82, 2.24) is 4.90 Å². The zero-order chi connectivity index (χ0) is 24.2. The van der Waals surface area contributed by atoms with E-state index in [0.717, 1.165) is 47.9 Å². The lowest BCUT2D eigenvalue weighted by molar-refractivity contribution is -0.122. The summed E-state index contributed by atoms with van der Waals surface area (Å²) in [5.74, 6) is -1.53. The van der Waals surface area contributed by atoms with Crippen molar-refractivity contribution in [1.29, 1.82) is 0 Å². The van der Waals surface area contributed by atoms with Gasteiger partial charge in [-0.25, -0.2) is 9.18 Å². The summed E-state index contributed by atoms with van der Waals surface area (Å²) in [6.45, 7) is 2.09. The van der Waals surface area contributed by atoms with Crippen molar-refractivity contribution >= 4 is 68.5 Å². The van der Waals surface area contributed by atoms with Gasteiger partial charge in [0.15, 0.2) is 0 Å². The number of carbonyl (C=O) groups excluding carboxylic acids is 3. The van der Waals surface area contributed by atoms with Gasteiger partial charge >= 0.3 is 5.97 Å². The molecule has 1 aliphatic heterocycles. The minimum Gasteiger partial charge on any atom is -0.462 e. The topological polar surface area (TPSA) is 75.7 Å². The number of thiocarbonyl (C=S) groups is 1. The van der Waals surface area contributed by atoms with E-state index < -0.39 is 11.8 Å². The fourth-order valence-electron chi connectivity index (χ4n) is 3.90. The van der Waals surface area contributed by atoms with Crippen LogP contribution in [0.15, 0.2) is 29.2 Å². The maximum atomic E-state index is 14.0. The number of thioether (sulfide) groups is 1. The molecule has 178 valence electrons. The molecule has 1 aromatic carbocycles. The Kier molecular flexibility index (Phi) is 7.80. The molecule has 2 heterocycles. The molecule has 34 heavy (non-hydrogen) atoms. The molecule has 10 heteroatoms. The Morgan fingerprint density at radius 2 is 2.03 bits per heavy atom. The molecule has 2 amide bonds. The molecule has 0 spiro atoms. The number of fused-ring (bicyclic) bond motifs is 1. The smallest absolute Gasteiger partial charge is 0.341 e. The molecular weight excluding hydrogens is 495 g/mol. The molecule has 1 N–H and O–H groups in total. The number of hydrogen-bond donors (Lipinski definition) is 1. The zero-order valence-electron chi connectivity index (χ0n) is 18.5. The van der Waals surface area contributed by atoms with Crippen LogP contribution in [0.5, 0.6) is 0 Å². The molecule has 0 atom stereocenters. The van der Waals surface area contributed by atoms with Crippen LogP contribution >= 0.6 is 35.3 Å². The van der Waals surface area contributed by atoms with E-state index in [0.29, 0.717) is 25.4 Å². The first-order valence-corrected chi connectivity index (χ1v) is 13.0. The number of amides is 2. The standard InChI is InChI=1S/C24H23FN2O4S3/c1-2-31-23(30)20-15-8-4-6-10-17(15)33-21(20)26-19(28)11-12-27-22(29)18(34-24(27)32)13-14-7-3-5-9-16(14)25/h3,5,7,9,13H,2,4,6,8,10-12H2,1H3,(H,26,28). The number of esters is 1. The number of benzene rings is 1. The summed E-state index contributed by atoms with van der Waals surface area (Å²) >= 11 is 7.81. The number of rotatable bonds is 7. The Balaban J connectivity index is 1.43. The molecule has 4 rings (SSSR count). The minimum absolute atomic E-state index is 0.00422. The summed E-state index contributed by atoms with van der Waals surface area (Å²) in [6, 6.07) is 6.17. The monoisotopic (exact) mass is 518 g/mol. The van der Waals surface area contributed by atoms with Crippen molar-refractivity contribution < 1.29 is 23.5 Å². The molecule has 0 unspecified atom stereocenters. The van der Waals surface area contributed by atoms with Crippen LogP contribution in [0.2, 0.25) is 0 Å². The lowest BCUT2D eigenvalue weighted by Gasteiger charge is -2.14. The highest BCUT2D eigenvalue weighted by molar-refractivity contribution is 8.26. The Labute approximate surface area is 210 Å². The lowest BCUT2D eigenvalue weighted by atomic mass is 9.95. The lowest BCUT2D eigenvalue weighted by Crippen LogP contribution is -2.31. The second-order valence-corrected chi connectivity index (χ2v) is 10.6. The number of hydrogen-bond acceptors (Lipinski definition) is 7. The number of thiophene rings is 1. The summed E-state index contributed by atoms with van der Waals surface area (Å²) < 4.78 is 19.5. The molecule has 1 fully saturated rings. The number of anilines is 1. The van der Waals surface area contributed by atoms with Gasteiger partial charge in [0.05, 0.1) is 17.1 Å². The predicted molar refractivity (Wildman–Crippen MR) is 136 cm³/mol. The molecule has 1 aliphatic carbocycles. The molecule has 2 aliphatic rings. The molecule has 1 aromatic heterocycles. The van der Waals surface area contributed by atoms with Crippen LogP contribution in [0.1, 0.15) is 52.5 Å². The van der Waals surface area contributed by atoms with E-state index in [1.54, 1.807) is 25.1 Å². The van der Waals surface area contributed by atoms with Crippen LogP contribution in [0.25, 0.3) is 6.08 Å². The van der Waals surface area contributed by atoms with E-state index in [1.165, 1.54) is 28.4 Å². The third-order valence-electron chi connectivity index (χ3n) is 5.53. The fourth-order valence-corrected chi connectivity index (χ4v) is 6.49. The van der Waals surface area contributed by atoms with Crippen molar-refractivity contribution in [3.63, 3.8) is 0 Å². The first-order chi connectivity index (χ1) is 16.4. The van der Waals surface area contributed by atoms with Gasteiger partial charge in [0.25, 0.3) is 5.91 Å². The largest absolute Gasteiger partial charge is 0.462 e. The molecule has 0 saturated carbocycles. The average Bonchev–Trinajstić information content (AvgIpc) is 3.30. The maximum absolute atomic E-state index is 14.0. The first-order valence-electron chi connectivity index (χ1n) is 11.0. The van der Waals surface area contributed by atoms with Gasteiger partial charge in [-0.3, -0.25) is 14.5 Å². The molecular formula is C24H23FN2O4S3. The van der Waals surface area contributed by atoms with Crippen LogP contribution in [-0.4, -0.2) is 40.2 Å². The average molecular weight is 519 g/mol.